The van der Waals surface area contributed by atoms with Crippen LogP contribution in [0.1, 0.15) is 5.56 Å². The number of hydrogen-bond donors (Lipinski definition) is 2. The molecule has 0 unspecified atom stereocenters. The quantitative estimate of drug-likeness (QED) is 0.584. The summed E-state index contributed by atoms with van der Waals surface area (Å²) >= 11 is 0. The first kappa shape index (κ1) is 17.7. The third kappa shape index (κ3) is 3.81. The van der Waals surface area contributed by atoms with Gasteiger partial charge in [-0.1, -0.05) is 18.2 Å². The first-order chi connectivity index (χ1) is 11.4. The van der Waals surface area contributed by atoms with Gasteiger partial charge in [0.05, 0.1) is 16.9 Å². The zero-order valence-electron chi connectivity index (χ0n) is 13.1. The number of nitro benzene ring substituents is 1. The van der Waals surface area contributed by atoms with Crippen molar-refractivity contribution in [3.05, 3.63) is 58.1 Å². The van der Waals surface area contributed by atoms with Crippen LogP contribution in [0.25, 0.3) is 0 Å². The predicted molar refractivity (Wildman–Crippen MR) is 89.7 cm³/mol. The molecule has 2 rings (SSSR count). The maximum Gasteiger partial charge on any atom is 0.311 e. The van der Waals surface area contributed by atoms with Gasteiger partial charge < -0.3 is 10.1 Å². The summed E-state index contributed by atoms with van der Waals surface area (Å²) in [5, 5.41) is 13.9. The minimum Gasteiger partial charge on any atom is -0.490 e. The topological polar surface area (TPSA) is 111 Å². The van der Waals surface area contributed by atoms with Crippen LogP contribution in [0.3, 0.4) is 0 Å². The van der Waals surface area contributed by atoms with E-state index >= 15 is 0 Å². The molecule has 0 aromatic heterocycles. The minimum absolute atomic E-state index is 0.126. The molecule has 0 aliphatic heterocycles. The summed E-state index contributed by atoms with van der Waals surface area (Å²) in [5.41, 5.74) is 1.01. The molecule has 128 valence electrons. The van der Waals surface area contributed by atoms with E-state index in [0.29, 0.717) is 11.3 Å². The van der Waals surface area contributed by atoms with Crippen molar-refractivity contribution in [2.75, 3.05) is 19.5 Å². The predicted octanol–water partition coefficient (Wildman–Crippen LogP) is 2.12. The van der Waals surface area contributed by atoms with Crippen LogP contribution < -0.4 is 14.8 Å². The Morgan fingerprint density at radius 1 is 1.21 bits per heavy atom. The number of nitrogens with zero attached hydrogens (tertiary/aromatic N) is 1. The van der Waals surface area contributed by atoms with Gasteiger partial charge in [0.25, 0.3) is 0 Å². The molecular weight excluding hydrogens is 334 g/mol. The molecule has 0 amide bonds. The second-order valence-corrected chi connectivity index (χ2v) is 6.67. The highest BCUT2D eigenvalue weighted by Crippen LogP contribution is 2.30. The van der Waals surface area contributed by atoms with Gasteiger partial charge in [-0.05, 0) is 24.7 Å². The van der Waals surface area contributed by atoms with Crippen LogP contribution in [0.2, 0.25) is 0 Å². The number of methoxy groups -OCH3 is 1. The van der Waals surface area contributed by atoms with Gasteiger partial charge in [0.15, 0.2) is 5.75 Å². The average molecular weight is 351 g/mol. The molecular formula is C15H17N3O5S. The number of anilines is 1. The van der Waals surface area contributed by atoms with Crippen LogP contribution in [-0.4, -0.2) is 27.5 Å². The highest BCUT2D eigenvalue weighted by molar-refractivity contribution is 7.89. The largest absolute Gasteiger partial charge is 0.490 e. The smallest absolute Gasteiger partial charge is 0.311 e. The van der Waals surface area contributed by atoms with Gasteiger partial charge in [-0.3, -0.25) is 10.1 Å². The maximum atomic E-state index is 12.0. The van der Waals surface area contributed by atoms with Gasteiger partial charge in [-0.15, -0.1) is 0 Å². The van der Waals surface area contributed by atoms with Crippen molar-refractivity contribution in [3.63, 3.8) is 0 Å². The first-order valence-corrected chi connectivity index (χ1v) is 8.45. The van der Waals surface area contributed by atoms with Gasteiger partial charge in [0.2, 0.25) is 10.0 Å². The lowest BCUT2D eigenvalue weighted by atomic mass is 10.2. The molecule has 2 aromatic rings. The van der Waals surface area contributed by atoms with E-state index in [1.807, 2.05) is 0 Å². The fraction of sp³-hybridized carbons (Fsp3) is 0.200. The fourth-order valence-electron chi connectivity index (χ4n) is 2.16. The monoisotopic (exact) mass is 351 g/mol. The van der Waals surface area contributed by atoms with Gasteiger partial charge in [-0.25, -0.2) is 13.1 Å². The molecule has 2 N–H and O–H groups in total. The first-order valence-electron chi connectivity index (χ1n) is 6.97. The van der Waals surface area contributed by atoms with Crippen molar-refractivity contribution in [1.29, 1.82) is 0 Å². The van der Waals surface area contributed by atoms with Gasteiger partial charge >= 0.3 is 5.69 Å². The van der Waals surface area contributed by atoms with E-state index < -0.39 is 14.9 Å². The molecule has 0 spiro atoms. The zero-order valence-corrected chi connectivity index (χ0v) is 14.0. The molecule has 24 heavy (non-hydrogen) atoms. The Hall–Kier alpha value is -2.65. The van der Waals surface area contributed by atoms with Crippen molar-refractivity contribution >= 4 is 21.4 Å². The van der Waals surface area contributed by atoms with Crippen molar-refractivity contribution in [3.8, 4) is 5.75 Å². The summed E-state index contributed by atoms with van der Waals surface area (Å²) in [4.78, 5) is 10.5. The molecule has 0 heterocycles. The highest BCUT2D eigenvalue weighted by atomic mass is 32.2. The molecule has 8 nitrogen and oxygen atoms in total. The van der Waals surface area contributed by atoms with Crippen LogP contribution in [0.4, 0.5) is 11.4 Å². The summed E-state index contributed by atoms with van der Waals surface area (Å²) in [6, 6.07) is 10.9. The Morgan fingerprint density at radius 3 is 2.54 bits per heavy atom. The fourth-order valence-corrected chi connectivity index (χ4v) is 3.12. The minimum atomic E-state index is -3.57. The second kappa shape index (κ2) is 7.28. The number of hydrogen-bond acceptors (Lipinski definition) is 6. The molecule has 0 radical (unpaired) electrons. The third-order valence-corrected chi connectivity index (χ3v) is 4.90. The molecule has 0 saturated carbocycles. The van der Waals surface area contributed by atoms with Crippen LogP contribution in [0, 0.1) is 10.1 Å². The second-order valence-electron chi connectivity index (χ2n) is 4.81. The van der Waals surface area contributed by atoms with E-state index in [-0.39, 0.29) is 22.9 Å². The molecule has 9 heteroatoms. The molecule has 0 aliphatic carbocycles. The van der Waals surface area contributed by atoms with Crippen molar-refractivity contribution in [2.24, 2.45) is 0 Å². The van der Waals surface area contributed by atoms with Gasteiger partial charge in [0, 0.05) is 24.4 Å². The van der Waals surface area contributed by atoms with E-state index in [1.165, 1.54) is 38.4 Å². The summed E-state index contributed by atoms with van der Waals surface area (Å²) < 4.78 is 31.3. The van der Waals surface area contributed by atoms with Gasteiger partial charge in [-0.2, -0.15) is 0 Å². The van der Waals surface area contributed by atoms with Crippen LogP contribution in [0.15, 0.2) is 47.4 Å². The lowest BCUT2D eigenvalue weighted by molar-refractivity contribution is -0.385. The standard InChI is InChI=1S/C15H17N3O5S/c1-16-24(21,22)15-6-4-3-5-11(15)10-17-12-7-8-13(18(19)20)14(9-12)23-2/h3-9,16-17H,10H2,1-2H3. The molecule has 0 bridgehead atoms. The van der Waals surface area contributed by atoms with E-state index in [0.717, 1.165) is 0 Å². The third-order valence-electron chi connectivity index (χ3n) is 3.39. The molecule has 2 aromatic carbocycles. The number of benzene rings is 2. The summed E-state index contributed by atoms with van der Waals surface area (Å²) in [7, 11) is -0.872. The Kier molecular flexibility index (Phi) is 5.37. The van der Waals surface area contributed by atoms with Crippen LogP contribution in [-0.2, 0) is 16.6 Å². The molecule has 0 fully saturated rings. The van der Waals surface area contributed by atoms with Crippen molar-refractivity contribution in [1.82, 2.24) is 4.72 Å². The lowest BCUT2D eigenvalue weighted by Gasteiger charge is -2.12. The Bertz CT molecular complexity index is 852. The Labute approximate surface area is 139 Å². The highest BCUT2D eigenvalue weighted by Gasteiger charge is 2.17. The number of sulfonamides is 1. The number of nitrogens with one attached hydrogen (secondary N) is 2. The van der Waals surface area contributed by atoms with E-state index in [9.17, 15) is 18.5 Å². The molecule has 0 saturated heterocycles. The number of nitro groups is 1. The number of ether oxygens (including phenoxy) is 1. The van der Waals surface area contributed by atoms with Crippen molar-refractivity contribution in [2.45, 2.75) is 11.4 Å². The maximum absolute atomic E-state index is 12.0. The Morgan fingerprint density at radius 2 is 1.92 bits per heavy atom. The lowest BCUT2D eigenvalue weighted by Crippen LogP contribution is -2.20. The summed E-state index contributed by atoms with van der Waals surface area (Å²) in [5.74, 6) is 0.126. The molecule has 0 atom stereocenters. The summed E-state index contributed by atoms with van der Waals surface area (Å²) in [6.45, 7) is 0.234. The van der Waals surface area contributed by atoms with E-state index in [2.05, 4.69) is 10.0 Å². The number of rotatable bonds is 7. The van der Waals surface area contributed by atoms with E-state index in [4.69, 9.17) is 4.74 Å². The van der Waals surface area contributed by atoms with E-state index in [1.54, 1.807) is 18.2 Å². The SMILES string of the molecule is CNS(=O)(=O)c1ccccc1CNc1ccc([N+](=O)[O-])c(OC)c1. The summed E-state index contributed by atoms with van der Waals surface area (Å²) in [6.07, 6.45) is 0. The average Bonchev–Trinajstić information content (AvgIpc) is 2.59. The van der Waals surface area contributed by atoms with Crippen LogP contribution in [0.5, 0.6) is 5.75 Å². The van der Waals surface area contributed by atoms with Crippen molar-refractivity contribution < 1.29 is 18.1 Å². The van der Waals surface area contributed by atoms with Gasteiger partial charge in [0.1, 0.15) is 0 Å². The normalized spacial score (nSPS) is 11.1. The van der Waals surface area contributed by atoms with Crippen LogP contribution >= 0.6 is 0 Å². The molecule has 0 aliphatic rings. The zero-order chi connectivity index (χ0) is 17.7. The Balaban J connectivity index is 2.25.